The molecule has 0 radical (unpaired) electrons. The number of aliphatic hydroxyl groups is 1. The fourth-order valence-electron chi connectivity index (χ4n) is 2.20. The van der Waals surface area contributed by atoms with Crippen LogP contribution >= 0.6 is 0 Å². The predicted octanol–water partition coefficient (Wildman–Crippen LogP) is 2.10. The lowest BCUT2D eigenvalue weighted by molar-refractivity contribution is 0.0924. The van der Waals surface area contributed by atoms with E-state index in [2.05, 4.69) is 24.1 Å². The van der Waals surface area contributed by atoms with Gasteiger partial charge in [-0.1, -0.05) is 13.8 Å². The van der Waals surface area contributed by atoms with Gasteiger partial charge in [0, 0.05) is 24.5 Å². The van der Waals surface area contributed by atoms with E-state index < -0.39 is 0 Å². The van der Waals surface area contributed by atoms with Crippen LogP contribution in [0.25, 0.3) is 0 Å². The van der Waals surface area contributed by atoms with Gasteiger partial charge in [-0.2, -0.15) is 0 Å². The van der Waals surface area contributed by atoms with Gasteiger partial charge in [-0.3, -0.25) is 9.78 Å². The number of nitrogens with zero attached hydrogens (tertiary/aromatic N) is 1. The molecule has 19 heavy (non-hydrogen) atoms. The molecule has 1 unspecified atom stereocenters. The molecule has 1 aliphatic rings. The second kappa shape index (κ2) is 6.15. The summed E-state index contributed by atoms with van der Waals surface area (Å²) in [5.74, 6) is 0.817. The molecule has 1 saturated carbocycles. The van der Waals surface area contributed by atoms with Crippen molar-refractivity contribution < 1.29 is 9.90 Å². The van der Waals surface area contributed by atoms with Crippen molar-refractivity contribution in [1.29, 1.82) is 0 Å². The average Bonchev–Trinajstić information content (AvgIpc) is 3.22. The van der Waals surface area contributed by atoms with Crippen LogP contribution in [0.3, 0.4) is 0 Å². The van der Waals surface area contributed by atoms with Crippen molar-refractivity contribution in [2.45, 2.75) is 45.1 Å². The molecule has 2 rings (SSSR count). The summed E-state index contributed by atoms with van der Waals surface area (Å²) in [5.41, 5.74) is 1.58. The van der Waals surface area contributed by atoms with Crippen molar-refractivity contribution in [2.75, 3.05) is 6.61 Å². The Bertz CT molecular complexity index is 424. The molecule has 104 valence electrons. The molecular formula is C15H22N2O2. The van der Waals surface area contributed by atoms with Crippen LogP contribution in [0.15, 0.2) is 18.3 Å². The highest BCUT2D eigenvalue weighted by molar-refractivity contribution is 5.94. The van der Waals surface area contributed by atoms with Gasteiger partial charge in [0.15, 0.2) is 0 Å². The molecule has 0 saturated heterocycles. The SMILES string of the molecule is CC(C)c1ccc(C(=O)NC(CCO)C2CC2)cn1. The molecule has 0 bridgehead atoms. The molecule has 1 aromatic rings. The standard InChI is InChI=1S/C15H22N2O2/c1-10(2)13-6-5-12(9-16-13)15(19)17-14(7-8-18)11-3-4-11/h5-6,9-11,14,18H,3-4,7-8H2,1-2H3,(H,17,19). The Morgan fingerprint density at radius 3 is 2.68 bits per heavy atom. The summed E-state index contributed by atoms with van der Waals surface area (Å²) in [6.45, 7) is 4.27. The van der Waals surface area contributed by atoms with E-state index in [-0.39, 0.29) is 18.6 Å². The van der Waals surface area contributed by atoms with Gasteiger partial charge < -0.3 is 10.4 Å². The van der Waals surface area contributed by atoms with Crippen LogP contribution in [0.1, 0.15) is 55.1 Å². The Morgan fingerprint density at radius 1 is 1.47 bits per heavy atom. The summed E-state index contributed by atoms with van der Waals surface area (Å²) < 4.78 is 0. The summed E-state index contributed by atoms with van der Waals surface area (Å²) in [5, 5.41) is 12.0. The van der Waals surface area contributed by atoms with Gasteiger partial charge in [0.05, 0.1) is 5.56 Å². The van der Waals surface area contributed by atoms with Gasteiger partial charge in [0.25, 0.3) is 5.91 Å². The first kappa shape index (κ1) is 14.0. The minimum Gasteiger partial charge on any atom is -0.396 e. The maximum absolute atomic E-state index is 12.1. The number of rotatable bonds is 6. The number of aromatic nitrogens is 1. The monoisotopic (exact) mass is 262 g/mol. The lowest BCUT2D eigenvalue weighted by atomic mass is 10.1. The Hall–Kier alpha value is -1.42. The zero-order chi connectivity index (χ0) is 13.8. The molecular weight excluding hydrogens is 240 g/mol. The van der Waals surface area contributed by atoms with Crippen LogP contribution < -0.4 is 5.32 Å². The number of pyridine rings is 1. The molecule has 4 heteroatoms. The maximum Gasteiger partial charge on any atom is 0.253 e. The zero-order valence-corrected chi connectivity index (χ0v) is 11.6. The van der Waals surface area contributed by atoms with E-state index in [4.69, 9.17) is 5.11 Å². The molecule has 1 heterocycles. The van der Waals surface area contributed by atoms with Crippen molar-refractivity contribution in [3.8, 4) is 0 Å². The Balaban J connectivity index is 1.98. The van der Waals surface area contributed by atoms with Crippen molar-refractivity contribution in [3.05, 3.63) is 29.6 Å². The lowest BCUT2D eigenvalue weighted by Gasteiger charge is -2.17. The molecule has 0 aliphatic heterocycles. The first-order chi connectivity index (χ1) is 9.11. The number of aliphatic hydroxyl groups excluding tert-OH is 1. The van der Waals surface area contributed by atoms with Crippen LogP contribution in [0.2, 0.25) is 0 Å². The van der Waals surface area contributed by atoms with Crippen molar-refractivity contribution in [3.63, 3.8) is 0 Å². The highest BCUT2D eigenvalue weighted by atomic mass is 16.3. The van der Waals surface area contributed by atoms with Crippen LogP contribution in [0.5, 0.6) is 0 Å². The van der Waals surface area contributed by atoms with Crippen molar-refractivity contribution in [2.24, 2.45) is 5.92 Å². The second-order valence-corrected chi connectivity index (χ2v) is 5.56. The predicted molar refractivity (Wildman–Crippen MR) is 74.0 cm³/mol. The highest BCUT2D eigenvalue weighted by Gasteiger charge is 2.31. The summed E-state index contributed by atoms with van der Waals surface area (Å²) >= 11 is 0. The molecule has 1 aliphatic carbocycles. The molecule has 1 atom stereocenters. The van der Waals surface area contributed by atoms with E-state index in [1.54, 1.807) is 6.20 Å². The first-order valence-electron chi connectivity index (χ1n) is 6.99. The van der Waals surface area contributed by atoms with Crippen LogP contribution in [0.4, 0.5) is 0 Å². The summed E-state index contributed by atoms with van der Waals surface area (Å²) in [4.78, 5) is 16.4. The van der Waals surface area contributed by atoms with Gasteiger partial charge in [-0.05, 0) is 43.2 Å². The molecule has 4 nitrogen and oxygen atoms in total. The van der Waals surface area contributed by atoms with E-state index in [1.807, 2.05) is 12.1 Å². The molecule has 0 spiro atoms. The van der Waals surface area contributed by atoms with Crippen molar-refractivity contribution in [1.82, 2.24) is 10.3 Å². The van der Waals surface area contributed by atoms with Gasteiger partial charge in [-0.15, -0.1) is 0 Å². The number of hydrogen-bond donors (Lipinski definition) is 2. The average molecular weight is 262 g/mol. The van der Waals surface area contributed by atoms with E-state index in [0.29, 0.717) is 23.8 Å². The molecule has 2 N–H and O–H groups in total. The molecule has 0 aromatic carbocycles. The van der Waals surface area contributed by atoms with Crippen molar-refractivity contribution >= 4 is 5.91 Å². The zero-order valence-electron chi connectivity index (χ0n) is 11.6. The van der Waals surface area contributed by atoms with E-state index >= 15 is 0 Å². The number of amides is 1. The maximum atomic E-state index is 12.1. The number of hydrogen-bond acceptors (Lipinski definition) is 3. The van der Waals surface area contributed by atoms with Crippen LogP contribution in [-0.2, 0) is 0 Å². The smallest absolute Gasteiger partial charge is 0.253 e. The van der Waals surface area contributed by atoms with Gasteiger partial charge >= 0.3 is 0 Å². The molecule has 1 amide bonds. The topological polar surface area (TPSA) is 62.2 Å². The molecule has 1 aromatic heterocycles. The third-order valence-electron chi connectivity index (χ3n) is 3.59. The minimum atomic E-state index is -0.0897. The van der Waals surface area contributed by atoms with Crippen LogP contribution in [-0.4, -0.2) is 28.6 Å². The third-order valence-corrected chi connectivity index (χ3v) is 3.59. The van der Waals surface area contributed by atoms with E-state index in [1.165, 1.54) is 0 Å². The highest BCUT2D eigenvalue weighted by Crippen LogP contribution is 2.34. The first-order valence-corrected chi connectivity index (χ1v) is 6.99. The normalized spacial score (nSPS) is 16.4. The van der Waals surface area contributed by atoms with Gasteiger partial charge in [0.2, 0.25) is 0 Å². The summed E-state index contributed by atoms with van der Waals surface area (Å²) in [7, 11) is 0. The Labute approximate surface area is 114 Å². The fraction of sp³-hybridized carbons (Fsp3) is 0.600. The number of nitrogens with one attached hydrogen (secondary N) is 1. The van der Waals surface area contributed by atoms with E-state index in [9.17, 15) is 4.79 Å². The number of carbonyl (C=O) groups is 1. The largest absolute Gasteiger partial charge is 0.396 e. The summed E-state index contributed by atoms with van der Waals surface area (Å²) in [6, 6.07) is 3.82. The van der Waals surface area contributed by atoms with E-state index in [0.717, 1.165) is 18.5 Å². The summed E-state index contributed by atoms with van der Waals surface area (Å²) in [6.07, 6.45) is 4.56. The minimum absolute atomic E-state index is 0.0897. The van der Waals surface area contributed by atoms with Gasteiger partial charge in [-0.25, -0.2) is 0 Å². The Morgan fingerprint density at radius 2 is 2.21 bits per heavy atom. The lowest BCUT2D eigenvalue weighted by Crippen LogP contribution is -2.37. The third kappa shape index (κ3) is 3.77. The number of carbonyl (C=O) groups excluding carboxylic acids is 1. The quantitative estimate of drug-likeness (QED) is 0.825. The van der Waals surface area contributed by atoms with Crippen LogP contribution in [0, 0.1) is 5.92 Å². The fourth-order valence-corrected chi connectivity index (χ4v) is 2.20. The Kier molecular flexibility index (Phi) is 4.53. The second-order valence-electron chi connectivity index (χ2n) is 5.56. The van der Waals surface area contributed by atoms with Gasteiger partial charge in [0.1, 0.15) is 0 Å². The molecule has 1 fully saturated rings.